The molecule has 1 heterocycles. The number of rotatable bonds is 5. The Morgan fingerprint density at radius 2 is 1.96 bits per heavy atom. The molecule has 128 valence electrons. The lowest BCUT2D eigenvalue weighted by Gasteiger charge is -2.07. The fraction of sp³-hybridized carbons (Fsp3) is 0.158. The van der Waals surface area contributed by atoms with E-state index >= 15 is 0 Å². The molecule has 3 N–H and O–H groups in total. The zero-order chi connectivity index (χ0) is 17.8. The molecule has 0 fully saturated rings. The largest absolute Gasteiger partial charge is 0.497 e. The Morgan fingerprint density at radius 1 is 1.20 bits per heavy atom. The molecule has 6 heteroatoms. The second-order valence-corrected chi connectivity index (χ2v) is 5.57. The van der Waals surface area contributed by atoms with Gasteiger partial charge in [0.2, 0.25) is 5.43 Å². The zero-order valence-electron chi connectivity index (χ0n) is 13.7. The van der Waals surface area contributed by atoms with Crippen LogP contribution in [0, 0.1) is 0 Å². The van der Waals surface area contributed by atoms with Crippen molar-refractivity contribution in [1.82, 2.24) is 4.98 Å². The van der Waals surface area contributed by atoms with Gasteiger partial charge in [-0.15, -0.1) is 0 Å². The topological polar surface area (TPSA) is 91.4 Å². The first-order chi connectivity index (χ1) is 12.1. The number of aliphatic hydroxyl groups excluding tert-OH is 1. The van der Waals surface area contributed by atoms with E-state index < -0.39 is 5.91 Å². The highest BCUT2D eigenvalue weighted by Crippen LogP contribution is 2.17. The summed E-state index contributed by atoms with van der Waals surface area (Å²) < 4.78 is 5.13. The van der Waals surface area contributed by atoms with Gasteiger partial charge >= 0.3 is 0 Å². The van der Waals surface area contributed by atoms with Crippen molar-refractivity contribution in [2.24, 2.45) is 0 Å². The normalized spacial score (nSPS) is 10.6. The molecule has 2 aromatic carbocycles. The summed E-state index contributed by atoms with van der Waals surface area (Å²) in [6, 6.07) is 12.2. The Labute approximate surface area is 144 Å². The molecule has 0 saturated carbocycles. The molecule has 0 spiro atoms. The maximum Gasteiger partial charge on any atom is 0.261 e. The van der Waals surface area contributed by atoms with E-state index in [1.54, 1.807) is 30.3 Å². The van der Waals surface area contributed by atoms with Gasteiger partial charge in [-0.3, -0.25) is 9.59 Å². The summed E-state index contributed by atoms with van der Waals surface area (Å²) in [5.74, 6) is 0.0657. The number of aromatic nitrogens is 1. The van der Waals surface area contributed by atoms with Gasteiger partial charge in [-0.05, 0) is 42.3 Å². The van der Waals surface area contributed by atoms with Crippen LogP contribution in [0.2, 0.25) is 0 Å². The summed E-state index contributed by atoms with van der Waals surface area (Å²) in [4.78, 5) is 28.0. The first kappa shape index (κ1) is 16.7. The maximum atomic E-state index is 12.6. The fourth-order valence-electron chi connectivity index (χ4n) is 2.58. The third kappa shape index (κ3) is 3.54. The number of nitrogens with one attached hydrogen (secondary N) is 2. The number of benzene rings is 2. The maximum absolute atomic E-state index is 12.6. The number of H-pyrrole nitrogens is 1. The third-order valence-electron chi connectivity index (χ3n) is 3.94. The molecule has 3 aromatic rings. The molecule has 0 unspecified atom stereocenters. The molecule has 25 heavy (non-hydrogen) atoms. The first-order valence-corrected chi connectivity index (χ1v) is 7.83. The van der Waals surface area contributed by atoms with Crippen LogP contribution in [0.4, 0.5) is 5.69 Å². The van der Waals surface area contributed by atoms with Crippen molar-refractivity contribution in [3.8, 4) is 5.75 Å². The van der Waals surface area contributed by atoms with E-state index in [2.05, 4.69) is 10.3 Å². The molecule has 0 atom stereocenters. The standard InChI is InChI=1S/C19H18N2O4/c1-25-14-6-7-17-15(10-14)18(23)16(11-20-17)19(24)21-13-4-2-12(3-5-13)8-9-22/h2-7,10-11,22H,8-9H2,1H3,(H,20,23)(H,21,24). The highest BCUT2D eigenvalue weighted by atomic mass is 16.5. The second-order valence-electron chi connectivity index (χ2n) is 5.57. The lowest BCUT2D eigenvalue weighted by Crippen LogP contribution is -2.22. The smallest absolute Gasteiger partial charge is 0.261 e. The molecule has 3 rings (SSSR count). The number of hydrogen-bond donors (Lipinski definition) is 3. The van der Waals surface area contributed by atoms with Gasteiger partial charge in [0.25, 0.3) is 5.91 Å². The molecular formula is C19H18N2O4. The number of pyridine rings is 1. The summed E-state index contributed by atoms with van der Waals surface area (Å²) in [5, 5.41) is 12.0. The average Bonchev–Trinajstić information content (AvgIpc) is 2.63. The van der Waals surface area contributed by atoms with Crippen molar-refractivity contribution < 1.29 is 14.6 Å². The van der Waals surface area contributed by atoms with Crippen LogP contribution in [0.3, 0.4) is 0 Å². The number of fused-ring (bicyclic) bond motifs is 1. The van der Waals surface area contributed by atoms with Gasteiger partial charge in [0.1, 0.15) is 11.3 Å². The molecule has 0 radical (unpaired) electrons. The van der Waals surface area contributed by atoms with Crippen LogP contribution in [0.25, 0.3) is 10.9 Å². The predicted octanol–water partition coefficient (Wildman–Crippen LogP) is 2.32. The van der Waals surface area contributed by atoms with E-state index in [-0.39, 0.29) is 17.6 Å². The molecular weight excluding hydrogens is 320 g/mol. The molecule has 0 saturated heterocycles. The van der Waals surface area contributed by atoms with Gasteiger partial charge in [-0.1, -0.05) is 12.1 Å². The minimum atomic E-state index is -0.485. The Morgan fingerprint density at radius 3 is 2.64 bits per heavy atom. The molecule has 6 nitrogen and oxygen atoms in total. The molecule has 0 bridgehead atoms. The number of anilines is 1. The molecule has 1 aromatic heterocycles. The minimum Gasteiger partial charge on any atom is -0.497 e. The van der Waals surface area contributed by atoms with Crippen LogP contribution in [0.1, 0.15) is 15.9 Å². The summed E-state index contributed by atoms with van der Waals surface area (Å²) in [6.07, 6.45) is 1.97. The monoisotopic (exact) mass is 338 g/mol. The van der Waals surface area contributed by atoms with Gasteiger partial charge in [0.15, 0.2) is 0 Å². The lowest BCUT2D eigenvalue weighted by molar-refractivity contribution is 0.102. The number of ether oxygens (including phenoxy) is 1. The van der Waals surface area contributed by atoms with Crippen molar-refractivity contribution in [2.75, 3.05) is 19.0 Å². The highest BCUT2D eigenvalue weighted by molar-refractivity contribution is 6.05. The van der Waals surface area contributed by atoms with Crippen molar-refractivity contribution in [3.05, 3.63) is 70.0 Å². The number of hydrogen-bond acceptors (Lipinski definition) is 4. The first-order valence-electron chi connectivity index (χ1n) is 7.83. The SMILES string of the molecule is COc1ccc2[nH]cc(C(=O)Nc3ccc(CCO)cc3)c(=O)c2c1. The van der Waals surface area contributed by atoms with E-state index in [0.29, 0.717) is 28.8 Å². The number of carbonyl (C=O) groups excluding carboxylic acids is 1. The van der Waals surface area contributed by atoms with Crippen LogP contribution in [-0.4, -0.2) is 29.7 Å². The van der Waals surface area contributed by atoms with Crippen molar-refractivity contribution >= 4 is 22.5 Å². The van der Waals surface area contributed by atoms with E-state index in [0.717, 1.165) is 5.56 Å². The number of methoxy groups -OCH3 is 1. The number of carbonyl (C=O) groups is 1. The lowest BCUT2D eigenvalue weighted by atomic mass is 10.1. The predicted molar refractivity (Wildman–Crippen MR) is 96.3 cm³/mol. The molecule has 0 aliphatic heterocycles. The number of aromatic amines is 1. The van der Waals surface area contributed by atoms with Crippen molar-refractivity contribution in [2.45, 2.75) is 6.42 Å². The summed E-state index contributed by atoms with van der Waals surface area (Å²) in [5.41, 5.74) is 1.85. The summed E-state index contributed by atoms with van der Waals surface area (Å²) in [6.45, 7) is 0.0711. The van der Waals surface area contributed by atoms with E-state index in [1.807, 2.05) is 12.1 Å². The van der Waals surface area contributed by atoms with Crippen LogP contribution < -0.4 is 15.5 Å². The summed E-state index contributed by atoms with van der Waals surface area (Å²) in [7, 11) is 1.52. The van der Waals surface area contributed by atoms with Gasteiger partial charge in [-0.25, -0.2) is 0 Å². The van der Waals surface area contributed by atoms with E-state index in [4.69, 9.17) is 9.84 Å². The Balaban J connectivity index is 1.89. The average molecular weight is 338 g/mol. The summed E-state index contributed by atoms with van der Waals surface area (Å²) >= 11 is 0. The number of amides is 1. The van der Waals surface area contributed by atoms with Gasteiger partial charge in [0.05, 0.1) is 7.11 Å². The number of aliphatic hydroxyl groups is 1. The van der Waals surface area contributed by atoms with Crippen molar-refractivity contribution in [3.63, 3.8) is 0 Å². The Kier molecular flexibility index (Phi) is 4.81. The van der Waals surface area contributed by atoms with Crippen molar-refractivity contribution in [1.29, 1.82) is 0 Å². The third-order valence-corrected chi connectivity index (χ3v) is 3.94. The van der Waals surface area contributed by atoms with E-state index in [9.17, 15) is 9.59 Å². The van der Waals surface area contributed by atoms with Crippen LogP contribution in [-0.2, 0) is 6.42 Å². The molecule has 0 aliphatic carbocycles. The van der Waals surface area contributed by atoms with E-state index in [1.165, 1.54) is 13.3 Å². The quantitative estimate of drug-likeness (QED) is 0.666. The Hall–Kier alpha value is -3.12. The molecule has 0 aliphatic rings. The van der Waals surface area contributed by atoms with Gasteiger partial charge in [0, 0.05) is 29.4 Å². The Bertz CT molecular complexity index is 961. The van der Waals surface area contributed by atoms with Gasteiger partial charge in [-0.2, -0.15) is 0 Å². The van der Waals surface area contributed by atoms with Gasteiger partial charge < -0.3 is 20.1 Å². The fourth-order valence-corrected chi connectivity index (χ4v) is 2.58. The van der Waals surface area contributed by atoms with Crippen LogP contribution in [0.15, 0.2) is 53.5 Å². The molecule has 1 amide bonds. The van der Waals surface area contributed by atoms with Crippen LogP contribution >= 0.6 is 0 Å². The highest BCUT2D eigenvalue weighted by Gasteiger charge is 2.14. The second kappa shape index (κ2) is 7.19. The minimum absolute atomic E-state index is 0.0280. The van der Waals surface area contributed by atoms with Crippen LogP contribution in [0.5, 0.6) is 5.75 Å². The zero-order valence-corrected chi connectivity index (χ0v) is 13.7.